The van der Waals surface area contributed by atoms with E-state index in [-0.39, 0.29) is 16.8 Å². The van der Waals surface area contributed by atoms with Crippen molar-refractivity contribution < 1.29 is 8.42 Å². The number of nitrogens with two attached hydrogens (primary N) is 2. The lowest BCUT2D eigenvalue weighted by Gasteiger charge is -2.24. The fraction of sp³-hybridized carbons (Fsp3) is 0.333. The number of rotatable bonds is 6. The summed E-state index contributed by atoms with van der Waals surface area (Å²) >= 11 is 0. The highest BCUT2D eigenvalue weighted by Gasteiger charge is 2.16. The van der Waals surface area contributed by atoms with E-state index in [0.29, 0.717) is 29.2 Å². The Labute approximate surface area is 179 Å². The SMILES string of the molecule is Cc1nc(NC2CCNCC2)cc(-n2nc(Nc3ccc(S(N)(=O)=O)cc3)nc2N)n1. The summed E-state index contributed by atoms with van der Waals surface area (Å²) in [5.41, 5.74) is 6.64. The minimum Gasteiger partial charge on any atom is -0.368 e. The summed E-state index contributed by atoms with van der Waals surface area (Å²) in [4.78, 5) is 13.1. The van der Waals surface area contributed by atoms with Gasteiger partial charge in [-0.05, 0) is 57.1 Å². The standard InChI is InChI=1S/C18H24N10O2S/c1-11-22-15(24-13-6-8-21-9-7-13)10-16(23-11)28-17(19)26-18(27-28)25-12-2-4-14(5-3-12)31(20,29)30/h2-5,10,13,21H,6-9H2,1H3,(H2,20,29,30)(H,22,23,24)(H3,19,25,26,27). The number of aromatic nitrogens is 5. The minimum atomic E-state index is -3.76. The molecular weight excluding hydrogens is 420 g/mol. The van der Waals surface area contributed by atoms with E-state index < -0.39 is 10.0 Å². The van der Waals surface area contributed by atoms with Crippen LogP contribution in [0, 0.1) is 6.92 Å². The zero-order chi connectivity index (χ0) is 22.0. The molecule has 1 aliphatic rings. The van der Waals surface area contributed by atoms with Gasteiger partial charge in [0.1, 0.15) is 11.6 Å². The van der Waals surface area contributed by atoms with Gasteiger partial charge in [-0.25, -0.2) is 23.5 Å². The lowest BCUT2D eigenvalue weighted by atomic mass is 10.1. The van der Waals surface area contributed by atoms with Gasteiger partial charge in [-0.2, -0.15) is 9.67 Å². The molecule has 0 atom stereocenters. The summed E-state index contributed by atoms with van der Waals surface area (Å²) in [5.74, 6) is 2.17. The highest BCUT2D eigenvalue weighted by atomic mass is 32.2. The summed E-state index contributed by atoms with van der Waals surface area (Å²) in [6.45, 7) is 3.74. The number of primary sulfonamides is 1. The molecule has 1 aromatic carbocycles. The van der Waals surface area contributed by atoms with Gasteiger partial charge in [-0.3, -0.25) is 0 Å². The second-order valence-corrected chi connectivity index (χ2v) is 8.79. The maximum Gasteiger partial charge on any atom is 0.248 e. The first-order valence-corrected chi connectivity index (χ1v) is 11.3. The first kappa shape index (κ1) is 21.0. The molecule has 31 heavy (non-hydrogen) atoms. The Morgan fingerprint density at radius 3 is 2.52 bits per heavy atom. The molecule has 164 valence electrons. The van der Waals surface area contributed by atoms with Crippen LogP contribution in [0.4, 0.5) is 23.4 Å². The summed E-state index contributed by atoms with van der Waals surface area (Å²) in [6, 6.07) is 8.04. The van der Waals surface area contributed by atoms with E-state index >= 15 is 0 Å². The fourth-order valence-corrected chi connectivity index (χ4v) is 3.83. The fourth-order valence-electron chi connectivity index (χ4n) is 3.31. The second-order valence-electron chi connectivity index (χ2n) is 7.23. The van der Waals surface area contributed by atoms with Crippen molar-refractivity contribution in [1.82, 2.24) is 30.0 Å². The van der Waals surface area contributed by atoms with Gasteiger partial charge in [-0.1, -0.05) is 0 Å². The monoisotopic (exact) mass is 444 g/mol. The van der Waals surface area contributed by atoms with E-state index in [9.17, 15) is 8.42 Å². The van der Waals surface area contributed by atoms with E-state index in [0.717, 1.165) is 25.9 Å². The van der Waals surface area contributed by atoms with Gasteiger partial charge < -0.3 is 21.7 Å². The van der Waals surface area contributed by atoms with Crippen molar-refractivity contribution in [3.05, 3.63) is 36.2 Å². The number of sulfonamides is 1. The summed E-state index contributed by atoms with van der Waals surface area (Å²) in [7, 11) is -3.76. The van der Waals surface area contributed by atoms with Crippen molar-refractivity contribution in [3.8, 4) is 5.82 Å². The molecule has 0 saturated carbocycles. The van der Waals surface area contributed by atoms with Gasteiger partial charge >= 0.3 is 0 Å². The van der Waals surface area contributed by atoms with Gasteiger partial charge in [0.05, 0.1) is 4.90 Å². The number of hydrogen-bond donors (Lipinski definition) is 5. The van der Waals surface area contributed by atoms with Gasteiger partial charge in [-0.15, -0.1) is 5.10 Å². The molecule has 3 heterocycles. The van der Waals surface area contributed by atoms with Crippen molar-refractivity contribution in [1.29, 1.82) is 0 Å². The van der Waals surface area contributed by atoms with E-state index in [4.69, 9.17) is 10.9 Å². The summed E-state index contributed by atoms with van der Waals surface area (Å²) < 4.78 is 24.2. The number of nitrogens with one attached hydrogen (secondary N) is 3. The number of nitrogen functional groups attached to an aromatic ring is 1. The Morgan fingerprint density at radius 1 is 1.13 bits per heavy atom. The zero-order valence-electron chi connectivity index (χ0n) is 16.9. The molecule has 0 unspecified atom stereocenters. The second kappa shape index (κ2) is 8.45. The number of anilines is 4. The molecule has 0 aliphatic carbocycles. The quantitative estimate of drug-likeness (QED) is 0.359. The number of nitrogens with zero attached hydrogens (tertiary/aromatic N) is 5. The zero-order valence-corrected chi connectivity index (χ0v) is 17.7. The summed E-state index contributed by atoms with van der Waals surface area (Å²) in [5, 5.41) is 19.3. The van der Waals surface area contributed by atoms with Crippen molar-refractivity contribution >= 4 is 33.4 Å². The van der Waals surface area contributed by atoms with Gasteiger partial charge in [0, 0.05) is 17.8 Å². The Bertz CT molecular complexity index is 1170. The van der Waals surface area contributed by atoms with Crippen LogP contribution in [0.2, 0.25) is 0 Å². The maximum absolute atomic E-state index is 11.4. The molecule has 1 fully saturated rings. The molecule has 12 nitrogen and oxygen atoms in total. The highest BCUT2D eigenvalue weighted by Crippen LogP contribution is 2.20. The minimum absolute atomic E-state index is 0.0151. The van der Waals surface area contributed by atoms with Crippen molar-refractivity contribution in [3.63, 3.8) is 0 Å². The summed E-state index contributed by atoms with van der Waals surface area (Å²) in [6.07, 6.45) is 2.03. The topological polar surface area (TPSA) is 179 Å². The van der Waals surface area contributed by atoms with Gasteiger partial charge in [0.2, 0.25) is 21.9 Å². The Hall–Kier alpha value is -3.29. The van der Waals surface area contributed by atoms with Crippen molar-refractivity contribution in [2.45, 2.75) is 30.7 Å². The van der Waals surface area contributed by atoms with Crippen LogP contribution in [0.15, 0.2) is 35.2 Å². The van der Waals surface area contributed by atoms with Gasteiger partial charge in [0.25, 0.3) is 0 Å². The molecule has 0 bridgehead atoms. The van der Waals surface area contributed by atoms with E-state index in [1.807, 2.05) is 0 Å². The molecule has 1 saturated heterocycles. The maximum atomic E-state index is 11.4. The van der Waals surface area contributed by atoms with Crippen LogP contribution in [0.25, 0.3) is 5.82 Å². The third-order valence-electron chi connectivity index (χ3n) is 4.80. The molecule has 0 spiro atoms. The Kier molecular flexibility index (Phi) is 5.71. The van der Waals surface area contributed by atoms with Crippen LogP contribution >= 0.6 is 0 Å². The number of aryl methyl sites for hydroxylation is 1. The average molecular weight is 445 g/mol. The normalized spacial score (nSPS) is 15.0. The van der Waals surface area contributed by atoms with Crippen LogP contribution in [0.3, 0.4) is 0 Å². The Balaban J connectivity index is 1.54. The van der Waals surface area contributed by atoms with E-state index in [1.165, 1.54) is 16.8 Å². The number of hydrogen-bond acceptors (Lipinski definition) is 10. The molecule has 0 radical (unpaired) electrons. The van der Waals surface area contributed by atoms with Crippen molar-refractivity contribution in [2.75, 3.05) is 29.5 Å². The molecule has 2 aromatic heterocycles. The van der Waals surface area contributed by atoms with Gasteiger partial charge in [0.15, 0.2) is 5.82 Å². The molecule has 13 heteroatoms. The molecule has 3 aromatic rings. The largest absolute Gasteiger partial charge is 0.368 e. The van der Waals surface area contributed by atoms with E-state index in [2.05, 4.69) is 36.0 Å². The highest BCUT2D eigenvalue weighted by molar-refractivity contribution is 7.89. The predicted molar refractivity (Wildman–Crippen MR) is 117 cm³/mol. The smallest absolute Gasteiger partial charge is 0.248 e. The first-order valence-electron chi connectivity index (χ1n) is 9.74. The van der Waals surface area contributed by atoms with Crippen LogP contribution in [-0.4, -0.2) is 52.3 Å². The predicted octanol–water partition coefficient (Wildman–Crippen LogP) is 0.503. The molecular formula is C18H24N10O2S. The van der Waals surface area contributed by atoms with Crippen LogP contribution in [0.1, 0.15) is 18.7 Å². The van der Waals surface area contributed by atoms with Crippen LogP contribution < -0.4 is 26.8 Å². The number of benzene rings is 1. The lowest BCUT2D eigenvalue weighted by Crippen LogP contribution is -2.35. The van der Waals surface area contributed by atoms with Crippen LogP contribution in [-0.2, 0) is 10.0 Å². The number of piperidine rings is 1. The third kappa shape index (κ3) is 5.07. The average Bonchev–Trinajstić information content (AvgIpc) is 3.08. The van der Waals surface area contributed by atoms with Crippen LogP contribution in [0.5, 0.6) is 0 Å². The molecule has 4 rings (SSSR count). The van der Waals surface area contributed by atoms with Crippen molar-refractivity contribution in [2.24, 2.45) is 5.14 Å². The molecule has 1 aliphatic heterocycles. The third-order valence-corrected chi connectivity index (χ3v) is 5.73. The lowest BCUT2D eigenvalue weighted by molar-refractivity contribution is 0.478. The molecule has 0 amide bonds. The molecule has 7 N–H and O–H groups in total. The Morgan fingerprint density at radius 2 is 1.84 bits per heavy atom. The van der Waals surface area contributed by atoms with E-state index in [1.54, 1.807) is 25.1 Å². The first-order chi connectivity index (χ1) is 14.8.